The first-order valence-corrected chi connectivity index (χ1v) is 7.12. The van der Waals surface area contributed by atoms with Gasteiger partial charge in [0.1, 0.15) is 0 Å². The molecule has 18 heavy (non-hydrogen) atoms. The van der Waals surface area contributed by atoms with Crippen LogP contribution in [0.15, 0.2) is 42.5 Å². The third-order valence-electron chi connectivity index (χ3n) is 4.54. The molecule has 1 heterocycles. The van der Waals surface area contributed by atoms with Crippen LogP contribution in [0.2, 0.25) is 0 Å². The number of ether oxygens (including phenoxy) is 1. The van der Waals surface area contributed by atoms with E-state index in [0.29, 0.717) is 12.0 Å². The van der Waals surface area contributed by atoms with E-state index in [1.54, 1.807) is 0 Å². The van der Waals surface area contributed by atoms with Crippen molar-refractivity contribution >= 4 is 0 Å². The highest BCUT2D eigenvalue weighted by Gasteiger charge is 2.37. The summed E-state index contributed by atoms with van der Waals surface area (Å²) in [6, 6.07) is 10.6. The molecule has 2 aliphatic rings. The minimum absolute atomic E-state index is 0.227. The van der Waals surface area contributed by atoms with E-state index in [2.05, 4.69) is 43.8 Å². The van der Waals surface area contributed by atoms with E-state index in [1.807, 2.05) is 0 Å². The maximum absolute atomic E-state index is 6.36. The highest BCUT2D eigenvalue weighted by atomic mass is 16.5. The van der Waals surface area contributed by atoms with Gasteiger partial charge >= 0.3 is 0 Å². The molecule has 0 spiro atoms. The van der Waals surface area contributed by atoms with Gasteiger partial charge in [0.05, 0.1) is 12.2 Å². The van der Waals surface area contributed by atoms with Crippen molar-refractivity contribution in [2.75, 3.05) is 0 Å². The van der Waals surface area contributed by atoms with Crippen LogP contribution in [0.1, 0.15) is 44.3 Å². The summed E-state index contributed by atoms with van der Waals surface area (Å²) >= 11 is 0. The second kappa shape index (κ2) is 4.89. The highest BCUT2D eigenvalue weighted by Crippen LogP contribution is 2.44. The first-order valence-electron chi connectivity index (χ1n) is 7.12. The summed E-state index contributed by atoms with van der Waals surface area (Å²) < 4.78 is 6.36. The lowest BCUT2D eigenvalue weighted by molar-refractivity contribution is -0.0857. The quantitative estimate of drug-likeness (QED) is 0.658. The van der Waals surface area contributed by atoms with E-state index in [1.165, 1.54) is 30.4 Å². The van der Waals surface area contributed by atoms with Crippen molar-refractivity contribution in [3.05, 3.63) is 48.0 Å². The van der Waals surface area contributed by atoms with E-state index >= 15 is 0 Å². The molecule has 1 nitrogen and oxygen atoms in total. The normalized spacial score (nSPS) is 36.2. The van der Waals surface area contributed by atoms with Gasteiger partial charge in [0.25, 0.3) is 0 Å². The second-order valence-corrected chi connectivity index (χ2v) is 5.96. The standard InChI is InChI=1S/C17H22O/c1-12-8-9-15-13(2)11-16(18-17(15)10-12)14-6-4-3-5-7-14/h3-7,12,15-17H,2,8-11H2,1H3/t12-,15+,16+,17-/m1/s1. The Morgan fingerprint density at radius 2 is 1.94 bits per heavy atom. The smallest absolute Gasteiger partial charge is 0.0866 e. The molecule has 4 atom stereocenters. The summed E-state index contributed by atoms with van der Waals surface area (Å²) in [7, 11) is 0. The number of hydrogen-bond donors (Lipinski definition) is 0. The SMILES string of the molecule is C=C1C[C@@H](c2ccccc2)O[C@@H]2C[C@H](C)CC[C@@H]12. The lowest BCUT2D eigenvalue weighted by Crippen LogP contribution is -2.37. The fraction of sp³-hybridized carbons (Fsp3) is 0.529. The Hall–Kier alpha value is -1.08. The maximum Gasteiger partial charge on any atom is 0.0866 e. The van der Waals surface area contributed by atoms with Crippen LogP contribution in [0.4, 0.5) is 0 Å². The molecule has 0 aromatic heterocycles. The molecule has 1 saturated heterocycles. The van der Waals surface area contributed by atoms with Crippen LogP contribution in [0, 0.1) is 11.8 Å². The van der Waals surface area contributed by atoms with Gasteiger partial charge in [0, 0.05) is 5.92 Å². The predicted molar refractivity (Wildman–Crippen MR) is 74.3 cm³/mol. The van der Waals surface area contributed by atoms with Gasteiger partial charge in [-0.25, -0.2) is 0 Å². The van der Waals surface area contributed by atoms with Crippen molar-refractivity contribution < 1.29 is 4.74 Å². The topological polar surface area (TPSA) is 9.23 Å². The Bertz CT molecular complexity index is 422. The summed E-state index contributed by atoms with van der Waals surface area (Å²) in [6.45, 7) is 6.66. The third-order valence-corrected chi connectivity index (χ3v) is 4.54. The van der Waals surface area contributed by atoms with Crippen LogP contribution in [0.3, 0.4) is 0 Å². The highest BCUT2D eigenvalue weighted by molar-refractivity contribution is 5.22. The Morgan fingerprint density at radius 3 is 2.72 bits per heavy atom. The zero-order chi connectivity index (χ0) is 12.5. The molecule has 1 aliphatic heterocycles. The van der Waals surface area contributed by atoms with Crippen LogP contribution in [0.25, 0.3) is 0 Å². The molecule has 0 amide bonds. The number of fused-ring (bicyclic) bond motifs is 1. The molecule has 1 heteroatoms. The molecule has 1 aliphatic carbocycles. The first-order chi connectivity index (χ1) is 8.74. The molecule has 1 aromatic rings. The lowest BCUT2D eigenvalue weighted by atomic mass is 9.74. The second-order valence-electron chi connectivity index (χ2n) is 5.96. The molecule has 0 unspecified atom stereocenters. The van der Waals surface area contributed by atoms with Crippen LogP contribution >= 0.6 is 0 Å². The van der Waals surface area contributed by atoms with E-state index in [4.69, 9.17) is 4.74 Å². The lowest BCUT2D eigenvalue weighted by Gasteiger charge is -2.43. The van der Waals surface area contributed by atoms with Gasteiger partial charge in [-0.2, -0.15) is 0 Å². The van der Waals surface area contributed by atoms with E-state index in [-0.39, 0.29) is 6.10 Å². The molecule has 2 fully saturated rings. The minimum Gasteiger partial charge on any atom is -0.369 e. The summed E-state index contributed by atoms with van der Waals surface area (Å²) in [4.78, 5) is 0. The van der Waals surface area contributed by atoms with Gasteiger partial charge in [0.15, 0.2) is 0 Å². The van der Waals surface area contributed by atoms with Gasteiger partial charge in [-0.15, -0.1) is 0 Å². The third kappa shape index (κ3) is 2.24. The number of rotatable bonds is 1. The average molecular weight is 242 g/mol. The summed E-state index contributed by atoms with van der Waals surface area (Å²) in [5, 5.41) is 0. The van der Waals surface area contributed by atoms with Gasteiger partial charge in [-0.05, 0) is 37.2 Å². The van der Waals surface area contributed by atoms with Crippen LogP contribution in [-0.2, 0) is 4.74 Å². The molecule has 96 valence electrons. The van der Waals surface area contributed by atoms with E-state index < -0.39 is 0 Å². The summed E-state index contributed by atoms with van der Waals surface area (Å²) in [5.74, 6) is 1.41. The first kappa shape index (κ1) is 12.0. The molecule has 3 rings (SSSR count). The van der Waals surface area contributed by atoms with Crippen molar-refractivity contribution in [2.24, 2.45) is 11.8 Å². The molecule has 0 radical (unpaired) electrons. The van der Waals surface area contributed by atoms with Crippen molar-refractivity contribution in [2.45, 2.75) is 44.8 Å². The fourth-order valence-corrected chi connectivity index (χ4v) is 3.46. The van der Waals surface area contributed by atoms with E-state index in [0.717, 1.165) is 12.3 Å². The number of hydrogen-bond acceptors (Lipinski definition) is 1. The van der Waals surface area contributed by atoms with Crippen LogP contribution in [0.5, 0.6) is 0 Å². The molecular weight excluding hydrogens is 220 g/mol. The predicted octanol–water partition coefficient (Wildman–Crippen LogP) is 4.51. The Kier molecular flexibility index (Phi) is 3.25. The average Bonchev–Trinajstić information content (AvgIpc) is 2.39. The van der Waals surface area contributed by atoms with Gasteiger partial charge in [0.2, 0.25) is 0 Å². The zero-order valence-electron chi connectivity index (χ0n) is 11.1. The Morgan fingerprint density at radius 1 is 1.17 bits per heavy atom. The fourth-order valence-electron chi connectivity index (χ4n) is 3.46. The van der Waals surface area contributed by atoms with Crippen LogP contribution < -0.4 is 0 Å². The van der Waals surface area contributed by atoms with Crippen molar-refractivity contribution in [1.82, 2.24) is 0 Å². The Labute approximate surface area is 110 Å². The Balaban J connectivity index is 1.78. The van der Waals surface area contributed by atoms with E-state index in [9.17, 15) is 0 Å². The molecule has 1 aromatic carbocycles. The molecule has 0 N–H and O–H groups in total. The monoisotopic (exact) mass is 242 g/mol. The largest absolute Gasteiger partial charge is 0.369 e. The minimum atomic E-state index is 0.227. The molecule has 1 saturated carbocycles. The van der Waals surface area contributed by atoms with Gasteiger partial charge in [-0.3, -0.25) is 0 Å². The van der Waals surface area contributed by atoms with Gasteiger partial charge in [-0.1, -0.05) is 49.4 Å². The number of benzene rings is 1. The summed E-state index contributed by atoms with van der Waals surface area (Å²) in [6.07, 6.45) is 5.43. The van der Waals surface area contributed by atoms with Crippen molar-refractivity contribution in [3.63, 3.8) is 0 Å². The van der Waals surface area contributed by atoms with Crippen molar-refractivity contribution in [1.29, 1.82) is 0 Å². The van der Waals surface area contributed by atoms with Gasteiger partial charge < -0.3 is 4.74 Å². The van der Waals surface area contributed by atoms with Crippen LogP contribution in [-0.4, -0.2) is 6.10 Å². The zero-order valence-corrected chi connectivity index (χ0v) is 11.1. The van der Waals surface area contributed by atoms with Crippen molar-refractivity contribution in [3.8, 4) is 0 Å². The molecular formula is C17H22O. The molecule has 0 bridgehead atoms. The summed E-state index contributed by atoms with van der Waals surface area (Å²) in [5.41, 5.74) is 2.71. The maximum atomic E-state index is 6.36.